The molecule has 0 aromatic heterocycles. The Morgan fingerprint density at radius 2 is 1.83 bits per heavy atom. The van der Waals surface area contributed by atoms with Crippen molar-refractivity contribution in [2.45, 2.75) is 6.42 Å². The van der Waals surface area contributed by atoms with Gasteiger partial charge in [0.25, 0.3) is 5.69 Å². The fourth-order valence-electron chi connectivity index (χ4n) is 1.40. The molecule has 0 heterocycles. The van der Waals surface area contributed by atoms with Crippen LogP contribution in [-0.4, -0.2) is 38.4 Å². The van der Waals surface area contributed by atoms with Gasteiger partial charge in [-0.05, 0) is 18.5 Å². The van der Waals surface area contributed by atoms with E-state index in [-0.39, 0.29) is 11.4 Å². The molecule has 0 unspecified atom stereocenters. The first-order chi connectivity index (χ1) is 8.38. The molecule has 100 valence electrons. The molecule has 1 rings (SSSR count). The summed E-state index contributed by atoms with van der Waals surface area (Å²) in [4.78, 5) is 10.0. The summed E-state index contributed by atoms with van der Waals surface area (Å²) in [6.45, 7) is 1.07. The van der Waals surface area contributed by atoms with Crippen molar-refractivity contribution in [3.8, 4) is 0 Å². The van der Waals surface area contributed by atoms with Gasteiger partial charge in [-0.1, -0.05) is 12.1 Å². The third-order valence-corrected chi connectivity index (χ3v) is 3.33. The minimum atomic E-state index is -2.92. The molecule has 0 atom stereocenters. The molecule has 0 aliphatic heterocycles. The number of benzene rings is 1. The van der Waals surface area contributed by atoms with Gasteiger partial charge in [-0.2, -0.15) is 0 Å². The number of nitrogens with one attached hydrogen (secondary N) is 1. The Balaban J connectivity index is 2.29. The van der Waals surface area contributed by atoms with E-state index in [1.807, 2.05) is 0 Å². The van der Waals surface area contributed by atoms with Gasteiger partial charge in [-0.3, -0.25) is 10.1 Å². The first-order valence-electron chi connectivity index (χ1n) is 5.50. The second-order valence-electron chi connectivity index (χ2n) is 4.05. The SMILES string of the molecule is CS(=O)(=O)CCNCCc1ccc([N+](=O)[O-])cc1. The smallest absolute Gasteiger partial charge is 0.269 e. The zero-order valence-electron chi connectivity index (χ0n) is 10.1. The molecule has 0 fully saturated rings. The Hall–Kier alpha value is -1.47. The highest BCUT2D eigenvalue weighted by Crippen LogP contribution is 2.11. The van der Waals surface area contributed by atoms with Crippen molar-refractivity contribution in [1.82, 2.24) is 5.32 Å². The number of nitro benzene ring substituents is 1. The lowest BCUT2D eigenvalue weighted by atomic mass is 10.1. The molecule has 0 bridgehead atoms. The van der Waals surface area contributed by atoms with Gasteiger partial charge >= 0.3 is 0 Å². The third-order valence-electron chi connectivity index (χ3n) is 2.39. The molecule has 1 aromatic rings. The summed E-state index contributed by atoms with van der Waals surface area (Å²) in [5, 5.41) is 13.5. The second-order valence-corrected chi connectivity index (χ2v) is 6.31. The van der Waals surface area contributed by atoms with Crippen molar-refractivity contribution in [2.75, 3.05) is 25.1 Å². The van der Waals surface area contributed by atoms with Crippen LogP contribution in [0.4, 0.5) is 5.69 Å². The van der Waals surface area contributed by atoms with E-state index in [9.17, 15) is 18.5 Å². The lowest BCUT2D eigenvalue weighted by molar-refractivity contribution is -0.384. The highest BCUT2D eigenvalue weighted by Gasteiger charge is 2.04. The van der Waals surface area contributed by atoms with E-state index in [0.717, 1.165) is 5.56 Å². The quantitative estimate of drug-likeness (QED) is 0.450. The lowest BCUT2D eigenvalue weighted by Gasteiger charge is -2.04. The highest BCUT2D eigenvalue weighted by atomic mass is 32.2. The van der Waals surface area contributed by atoms with Crippen molar-refractivity contribution in [3.05, 3.63) is 39.9 Å². The number of hydrogen-bond donors (Lipinski definition) is 1. The summed E-state index contributed by atoms with van der Waals surface area (Å²) in [5.74, 6) is 0.118. The van der Waals surface area contributed by atoms with Gasteiger partial charge in [0.05, 0.1) is 10.7 Å². The average molecular weight is 272 g/mol. The van der Waals surface area contributed by atoms with Gasteiger partial charge in [-0.25, -0.2) is 8.42 Å². The molecule has 0 spiro atoms. The Labute approximate surface area is 106 Å². The van der Waals surface area contributed by atoms with Gasteiger partial charge < -0.3 is 5.32 Å². The summed E-state index contributed by atoms with van der Waals surface area (Å²) in [5.41, 5.74) is 1.05. The van der Waals surface area contributed by atoms with E-state index in [0.29, 0.717) is 19.5 Å². The van der Waals surface area contributed by atoms with Crippen LogP contribution < -0.4 is 5.32 Å². The fourth-order valence-corrected chi connectivity index (χ4v) is 1.91. The molecule has 0 saturated heterocycles. The third kappa shape index (κ3) is 5.74. The molecule has 7 heteroatoms. The minimum absolute atomic E-state index is 0.0729. The Morgan fingerprint density at radius 1 is 1.22 bits per heavy atom. The van der Waals surface area contributed by atoms with Gasteiger partial charge in [-0.15, -0.1) is 0 Å². The minimum Gasteiger partial charge on any atom is -0.315 e. The van der Waals surface area contributed by atoms with Crippen LogP contribution in [-0.2, 0) is 16.3 Å². The molecule has 1 aromatic carbocycles. The zero-order chi connectivity index (χ0) is 13.6. The summed E-state index contributed by atoms with van der Waals surface area (Å²) in [6, 6.07) is 6.34. The Kier molecular flexibility index (Phi) is 5.24. The maximum absolute atomic E-state index is 10.9. The predicted octanol–water partition coefficient (Wildman–Crippen LogP) is 0.771. The highest BCUT2D eigenvalue weighted by molar-refractivity contribution is 7.90. The van der Waals surface area contributed by atoms with Crippen molar-refractivity contribution in [3.63, 3.8) is 0 Å². The Bertz CT molecular complexity index is 496. The van der Waals surface area contributed by atoms with E-state index < -0.39 is 14.8 Å². The van der Waals surface area contributed by atoms with Gasteiger partial charge in [0.1, 0.15) is 9.84 Å². The van der Waals surface area contributed by atoms with Crippen LogP contribution in [0.2, 0.25) is 0 Å². The molecule has 0 saturated carbocycles. The number of nitro groups is 1. The van der Waals surface area contributed by atoms with Crippen LogP contribution in [0.3, 0.4) is 0 Å². The topological polar surface area (TPSA) is 89.3 Å². The molecule has 0 aliphatic rings. The van der Waals surface area contributed by atoms with Crippen molar-refractivity contribution in [1.29, 1.82) is 0 Å². The number of rotatable bonds is 7. The van der Waals surface area contributed by atoms with E-state index >= 15 is 0 Å². The monoisotopic (exact) mass is 272 g/mol. The molecule has 1 N–H and O–H groups in total. The summed E-state index contributed by atoms with van der Waals surface area (Å²) in [7, 11) is -2.92. The zero-order valence-corrected chi connectivity index (χ0v) is 10.9. The van der Waals surface area contributed by atoms with Crippen LogP contribution in [0.25, 0.3) is 0 Å². The van der Waals surface area contributed by atoms with E-state index in [2.05, 4.69) is 5.32 Å². The van der Waals surface area contributed by atoms with Crippen LogP contribution in [0.1, 0.15) is 5.56 Å². The molecule has 6 nitrogen and oxygen atoms in total. The first-order valence-corrected chi connectivity index (χ1v) is 7.56. The predicted molar refractivity (Wildman–Crippen MR) is 69.4 cm³/mol. The van der Waals surface area contributed by atoms with E-state index in [1.54, 1.807) is 12.1 Å². The standard InChI is InChI=1S/C11H16N2O4S/c1-18(16,17)9-8-12-7-6-10-2-4-11(5-3-10)13(14)15/h2-5,12H,6-9H2,1H3. The first kappa shape index (κ1) is 14.6. The van der Waals surface area contributed by atoms with Crippen molar-refractivity contribution < 1.29 is 13.3 Å². The van der Waals surface area contributed by atoms with Crippen LogP contribution in [0.15, 0.2) is 24.3 Å². The summed E-state index contributed by atoms with van der Waals surface area (Å²) < 4.78 is 21.7. The normalized spacial score (nSPS) is 11.4. The molecule has 0 aliphatic carbocycles. The maximum Gasteiger partial charge on any atom is 0.269 e. The van der Waals surface area contributed by atoms with Gasteiger partial charge in [0.15, 0.2) is 0 Å². The second kappa shape index (κ2) is 6.46. The fraction of sp³-hybridized carbons (Fsp3) is 0.455. The number of nitrogens with zero attached hydrogens (tertiary/aromatic N) is 1. The lowest BCUT2D eigenvalue weighted by Crippen LogP contribution is -2.24. The Morgan fingerprint density at radius 3 is 2.33 bits per heavy atom. The molecule has 0 amide bonds. The van der Waals surface area contributed by atoms with Gasteiger partial charge in [0.2, 0.25) is 0 Å². The number of hydrogen-bond acceptors (Lipinski definition) is 5. The largest absolute Gasteiger partial charge is 0.315 e. The summed E-state index contributed by atoms with van der Waals surface area (Å²) in [6.07, 6.45) is 1.91. The number of sulfone groups is 1. The summed E-state index contributed by atoms with van der Waals surface area (Å²) >= 11 is 0. The van der Waals surface area contributed by atoms with Gasteiger partial charge in [0, 0.05) is 24.9 Å². The molecular formula is C11H16N2O4S. The molecular weight excluding hydrogens is 256 g/mol. The molecule has 18 heavy (non-hydrogen) atoms. The van der Waals surface area contributed by atoms with Crippen molar-refractivity contribution in [2.24, 2.45) is 0 Å². The van der Waals surface area contributed by atoms with Crippen LogP contribution in [0, 0.1) is 10.1 Å². The molecule has 0 radical (unpaired) electrons. The average Bonchev–Trinajstić information content (AvgIpc) is 2.27. The number of non-ortho nitro benzene ring substituents is 1. The van der Waals surface area contributed by atoms with Crippen LogP contribution >= 0.6 is 0 Å². The van der Waals surface area contributed by atoms with Crippen LogP contribution in [0.5, 0.6) is 0 Å². The van der Waals surface area contributed by atoms with E-state index in [1.165, 1.54) is 18.4 Å². The van der Waals surface area contributed by atoms with Crippen molar-refractivity contribution >= 4 is 15.5 Å². The van der Waals surface area contributed by atoms with E-state index in [4.69, 9.17) is 0 Å². The maximum atomic E-state index is 10.9.